The number of anilines is 1. The molecule has 2 aromatic rings. The summed E-state index contributed by atoms with van der Waals surface area (Å²) in [5.74, 6) is 0.112. The Labute approximate surface area is 160 Å². The van der Waals surface area contributed by atoms with Gasteiger partial charge in [-0.2, -0.15) is 0 Å². The van der Waals surface area contributed by atoms with E-state index in [0.717, 1.165) is 24.8 Å². The Morgan fingerprint density at radius 1 is 1.04 bits per heavy atom. The third-order valence-electron chi connectivity index (χ3n) is 4.15. The zero-order valence-corrected chi connectivity index (χ0v) is 16.2. The summed E-state index contributed by atoms with van der Waals surface area (Å²) in [5.41, 5.74) is 2.12. The Hall–Kier alpha value is -2.82. The standard InChI is InChI=1S/C22H27NO4/c1-4-6-15-26-22(25)18-11-13-19(14-12-18)23-21(24)16(3)27-20-10-8-7-9-17(20)5-2/h7-14,16H,4-6,15H2,1-3H3,(H,23,24)/t16-/m1/s1. The Bertz CT molecular complexity index is 755. The summed E-state index contributed by atoms with van der Waals surface area (Å²) >= 11 is 0. The summed E-state index contributed by atoms with van der Waals surface area (Å²) in [6, 6.07) is 14.3. The first-order valence-corrected chi connectivity index (χ1v) is 9.37. The van der Waals surface area contributed by atoms with Crippen LogP contribution in [-0.2, 0) is 16.0 Å². The van der Waals surface area contributed by atoms with Crippen LogP contribution in [0, 0.1) is 0 Å². The molecule has 2 aromatic carbocycles. The Balaban J connectivity index is 1.92. The minimum absolute atomic E-state index is 0.251. The molecule has 0 aliphatic carbocycles. The van der Waals surface area contributed by atoms with Gasteiger partial charge in [0, 0.05) is 5.69 Å². The van der Waals surface area contributed by atoms with Crippen molar-refractivity contribution in [3.8, 4) is 5.75 Å². The van der Waals surface area contributed by atoms with Gasteiger partial charge in [-0.15, -0.1) is 0 Å². The molecule has 1 atom stereocenters. The summed E-state index contributed by atoms with van der Waals surface area (Å²) in [4.78, 5) is 24.3. The molecule has 5 nitrogen and oxygen atoms in total. The van der Waals surface area contributed by atoms with Gasteiger partial charge in [-0.05, 0) is 55.7 Å². The van der Waals surface area contributed by atoms with E-state index in [2.05, 4.69) is 5.32 Å². The van der Waals surface area contributed by atoms with Crippen molar-refractivity contribution >= 4 is 17.6 Å². The lowest BCUT2D eigenvalue weighted by molar-refractivity contribution is -0.122. The number of esters is 1. The second-order valence-corrected chi connectivity index (χ2v) is 6.28. The molecule has 0 heterocycles. The molecule has 0 aliphatic heterocycles. The highest BCUT2D eigenvalue weighted by Gasteiger charge is 2.16. The van der Waals surface area contributed by atoms with Crippen molar-refractivity contribution in [1.29, 1.82) is 0 Å². The fourth-order valence-corrected chi connectivity index (χ4v) is 2.48. The van der Waals surface area contributed by atoms with Crippen LogP contribution in [0.2, 0.25) is 0 Å². The van der Waals surface area contributed by atoms with Crippen LogP contribution in [0.1, 0.15) is 49.5 Å². The fraction of sp³-hybridized carbons (Fsp3) is 0.364. The van der Waals surface area contributed by atoms with Crippen LogP contribution in [0.4, 0.5) is 5.69 Å². The first-order chi connectivity index (χ1) is 13.0. The number of hydrogen-bond donors (Lipinski definition) is 1. The van der Waals surface area contributed by atoms with Crippen molar-refractivity contribution < 1.29 is 19.1 Å². The van der Waals surface area contributed by atoms with Crippen molar-refractivity contribution in [1.82, 2.24) is 0 Å². The van der Waals surface area contributed by atoms with E-state index in [0.29, 0.717) is 23.6 Å². The summed E-state index contributed by atoms with van der Waals surface area (Å²) in [6.45, 7) is 6.21. The van der Waals surface area contributed by atoms with Gasteiger partial charge in [-0.25, -0.2) is 4.79 Å². The molecule has 0 radical (unpaired) electrons. The number of aryl methyl sites for hydroxylation is 1. The van der Waals surface area contributed by atoms with Gasteiger partial charge in [0.2, 0.25) is 0 Å². The molecule has 0 fully saturated rings. The van der Waals surface area contributed by atoms with Crippen LogP contribution in [-0.4, -0.2) is 24.6 Å². The van der Waals surface area contributed by atoms with Crippen molar-refractivity contribution in [2.24, 2.45) is 0 Å². The number of para-hydroxylation sites is 1. The van der Waals surface area contributed by atoms with E-state index in [4.69, 9.17) is 9.47 Å². The summed E-state index contributed by atoms with van der Waals surface area (Å²) in [6.07, 6.45) is 2.01. The topological polar surface area (TPSA) is 64.6 Å². The normalized spacial score (nSPS) is 11.5. The third kappa shape index (κ3) is 6.13. The number of unbranched alkanes of at least 4 members (excludes halogenated alkanes) is 1. The number of amides is 1. The Morgan fingerprint density at radius 3 is 2.41 bits per heavy atom. The van der Waals surface area contributed by atoms with Crippen molar-refractivity contribution in [2.45, 2.75) is 46.1 Å². The number of carbonyl (C=O) groups is 2. The number of nitrogens with one attached hydrogen (secondary N) is 1. The molecule has 27 heavy (non-hydrogen) atoms. The van der Waals surface area contributed by atoms with Crippen LogP contribution in [0.15, 0.2) is 48.5 Å². The van der Waals surface area contributed by atoms with E-state index in [9.17, 15) is 9.59 Å². The molecule has 1 amide bonds. The molecule has 0 saturated heterocycles. The number of carbonyl (C=O) groups excluding carboxylic acids is 2. The highest BCUT2D eigenvalue weighted by Crippen LogP contribution is 2.20. The van der Waals surface area contributed by atoms with Crippen LogP contribution in [0.5, 0.6) is 5.75 Å². The molecule has 2 rings (SSSR count). The monoisotopic (exact) mass is 369 g/mol. The Morgan fingerprint density at radius 2 is 1.74 bits per heavy atom. The lowest BCUT2D eigenvalue weighted by Gasteiger charge is -2.17. The molecule has 0 aromatic heterocycles. The van der Waals surface area contributed by atoms with Crippen LogP contribution in [0.25, 0.3) is 0 Å². The summed E-state index contributed by atoms with van der Waals surface area (Å²) in [7, 11) is 0. The number of benzene rings is 2. The second-order valence-electron chi connectivity index (χ2n) is 6.28. The van der Waals surface area contributed by atoms with Crippen molar-refractivity contribution in [3.05, 3.63) is 59.7 Å². The average molecular weight is 369 g/mol. The predicted octanol–water partition coefficient (Wildman–Crippen LogP) is 4.61. The van der Waals surface area contributed by atoms with E-state index in [1.807, 2.05) is 38.1 Å². The maximum Gasteiger partial charge on any atom is 0.338 e. The van der Waals surface area contributed by atoms with E-state index in [1.165, 1.54) is 0 Å². The Kier molecular flexibility index (Phi) is 7.86. The van der Waals surface area contributed by atoms with Crippen LogP contribution in [0.3, 0.4) is 0 Å². The zero-order chi connectivity index (χ0) is 19.6. The summed E-state index contributed by atoms with van der Waals surface area (Å²) < 4.78 is 11.0. The molecule has 0 bridgehead atoms. The average Bonchev–Trinajstić information content (AvgIpc) is 2.69. The second kappa shape index (κ2) is 10.4. The maximum atomic E-state index is 12.4. The van der Waals surface area contributed by atoms with Gasteiger partial charge in [0.25, 0.3) is 5.91 Å². The zero-order valence-electron chi connectivity index (χ0n) is 16.2. The molecule has 1 N–H and O–H groups in total. The van der Waals surface area contributed by atoms with Crippen LogP contribution < -0.4 is 10.1 Å². The van der Waals surface area contributed by atoms with E-state index >= 15 is 0 Å². The van der Waals surface area contributed by atoms with Gasteiger partial charge >= 0.3 is 5.97 Å². The fourth-order valence-electron chi connectivity index (χ4n) is 2.48. The van der Waals surface area contributed by atoms with Gasteiger partial charge in [-0.1, -0.05) is 38.5 Å². The molecule has 0 spiro atoms. The smallest absolute Gasteiger partial charge is 0.338 e. The van der Waals surface area contributed by atoms with E-state index < -0.39 is 6.10 Å². The quantitative estimate of drug-likeness (QED) is 0.518. The highest BCUT2D eigenvalue weighted by atomic mass is 16.5. The predicted molar refractivity (Wildman–Crippen MR) is 106 cm³/mol. The van der Waals surface area contributed by atoms with Gasteiger partial charge in [0.1, 0.15) is 5.75 Å². The molecule has 144 valence electrons. The largest absolute Gasteiger partial charge is 0.481 e. The molecular weight excluding hydrogens is 342 g/mol. The number of rotatable bonds is 9. The van der Waals surface area contributed by atoms with E-state index in [1.54, 1.807) is 31.2 Å². The lowest BCUT2D eigenvalue weighted by Crippen LogP contribution is -2.30. The molecule has 0 aliphatic rings. The molecule has 0 saturated carbocycles. The van der Waals surface area contributed by atoms with Crippen molar-refractivity contribution in [2.75, 3.05) is 11.9 Å². The van der Waals surface area contributed by atoms with Crippen molar-refractivity contribution in [3.63, 3.8) is 0 Å². The van der Waals surface area contributed by atoms with E-state index in [-0.39, 0.29) is 11.9 Å². The van der Waals surface area contributed by atoms with Gasteiger partial charge in [-0.3, -0.25) is 4.79 Å². The molecular formula is C22H27NO4. The first-order valence-electron chi connectivity index (χ1n) is 9.37. The lowest BCUT2D eigenvalue weighted by atomic mass is 10.1. The van der Waals surface area contributed by atoms with Gasteiger partial charge in [0.15, 0.2) is 6.10 Å². The first kappa shape index (κ1) is 20.5. The van der Waals surface area contributed by atoms with Gasteiger partial charge in [0.05, 0.1) is 12.2 Å². The SMILES string of the molecule is CCCCOC(=O)c1ccc(NC(=O)[C@@H](C)Oc2ccccc2CC)cc1. The highest BCUT2D eigenvalue weighted by molar-refractivity contribution is 5.95. The third-order valence-corrected chi connectivity index (χ3v) is 4.15. The number of ether oxygens (including phenoxy) is 2. The minimum Gasteiger partial charge on any atom is -0.481 e. The maximum absolute atomic E-state index is 12.4. The van der Waals surface area contributed by atoms with Crippen LogP contribution >= 0.6 is 0 Å². The number of hydrogen-bond acceptors (Lipinski definition) is 4. The molecule has 0 unspecified atom stereocenters. The molecule has 5 heteroatoms. The minimum atomic E-state index is -0.642. The van der Waals surface area contributed by atoms with Gasteiger partial charge < -0.3 is 14.8 Å². The summed E-state index contributed by atoms with van der Waals surface area (Å²) in [5, 5.41) is 2.80.